The molecule has 0 unspecified atom stereocenters. The Bertz CT molecular complexity index is 747. The summed E-state index contributed by atoms with van der Waals surface area (Å²) in [6, 6.07) is 8.61. The zero-order valence-corrected chi connectivity index (χ0v) is 13.6. The van der Waals surface area contributed by atoms with Gasteiger partial charge in [0.05, 0.1) is 17.1 Å². The molecule has 5 heteroatoms. The van der Waals surface area contributed by atoms with Crippen molar-refractivity contribution in [2.75, 3.05) is 11.9 Å². The van der Waals surface area contributed by atoms with Crippen molar-refractivity contribution >= 4 is 11.7 Å². The molecule has 23 heavy (non-hydrogen) atoms. The van der Waals surface area contributed by atoms with Crippen molar-refractivity contribution in [1.29, 1.82) is 0 Å². The molecule has 5 nitrogen and oxygen atoms in total. The molecule has 2 aliphatic rings. The Morgan fingerprint density at radius 2 is 2.22 bits per heavy atom. The third-order valence-electron chi connectivity index (χ3n) is 5.50. The van der Waals surface area contributed by atoms with Crippen LogP contribution in [0.3, 0.4) is 0 Å². The summed E-state index contributed by atoms with van der Waals surface area (Å²) in [5.74, 6) is 0.559. The molecule has 0 radical (unpaired) electrons. The fourth-order valence-electron chi connectivity index (χ4n) is 4.11. The minimum Gasteiger partial charge on any atom is -0.338 e. The van der Waals surface area contributed by atoms with Crippen LogP contribution in [0.5, 0.6) is 0 Å². The highest BCUT2D eigenvalue weighted by Crippen LogP contribution is 2.61. The summed E-state index contributed by atoms with van der Waals surface area (Å²) in [4.78, 5) is 12.1. The van der Waals surface area contributed by atoms with Gasteiger partial charge in [0.2, 0.25) is 0 Å². The van der Waals surface area contributed by atoms with Gasteiger partial charge in [0, 0.05) is 12.0 Å². The number of H-pyrrole nitrogens is 1. The molecule has 3 N–H and O–H groups in total. The number of nitrogens with one attached hydrogen (secondary N) is 3. The van der Waals surface area contributed by atoms with Crippen molar-refractivity contribution in [2.45, 2.75) is 38.5 Å². The van der Waals surface area contributed by atoms with Crippen molar-refractivity contribution in [3.05, 3.63) is 46.8 Å². The van der Waals surface area contributed by atoms with Crippen molar-refractivity contribution in [3.63, 3.8) is 0 Å². The first-order valence-corrected chi connectivity index (χ1v) is 8.25. The van der Waals surface area contributed by atoms with Gasteiger partial charge in [-0.05, 0) is 50.2 Å². The van der Waals surface area contributed by atoms with Crippen molar-refractivity contribution in [1.82, 2.24) is 15.5 Å². The van der Waals surface area contributed by atoms with Crippen LogP contribution in [-0.4, -0.2) is 22.8 Å². The standard InChI is InChI=1S/C18H22N4O/c1-11-16(12(2)22-21-11)20-17(23)19-10-14-9-18(14)8-7-13-5-3-4-6-15(13)18/h3-6,14H,7-10H2,1-2H3,(H,21,22)(H2,19,20,23)/t14-,18-/m0/s1. The number of carbonyl (C=O) groups excluding carboxylic acids is 1. The van der Waals surface area contributed by atoms with Gasteiger partial charge in [-0.2, -0.15) is 5.10 Å². The molecule has 1 spiro atoms. The topological polar surface area (TPSA) is 69.8 Å². The Morgan fingerprint density at radius 3 is 3.00 bits per heavy atom. The van der Waals surface area contributed by atoms with E-state index < -0.39 is 0 Å². The van der Waals surface area contributed by atoms with Gasteiger partial charge < -0.3 is 10.6 Å². The number of anilines is 1. The second-order valence-corrected chi connectivity index (χ2v) is 6.86. The second-order valence-electron chi connectivity index (χ2n) is 6.86. The summed E-state index contributed by atoms with van der Waals surface area (Å²) in [6.45, 7) is 4.52. The molecule has 2 amide bonds. The number of aromatic amines is 1. The fourth-order valence-corrected chi connectivity index (χ4v) is 4.11. The second kappa shape index (κ2) is 5.11. The van der Waals surface area contributed by atoms with E-state index in [0.29, 0.717) is 11.3 Å². The zero-order valence-electron chi connectivity index (χ0n) is 13.6. The van der Waals surface area contributed by atoms with Crippen LogP contribution in [0, 0.1) is 19.8 Å². The molecule has 1 aromatic heterocycles. The molecule has 2 aromatic rings. The van der Waals surface area contributed by atoms with Gasteiger partial charge in [-0.25, -0.2) is 4.79 Å². The van der Waals surface area contributed by atoms with E-state index >= 15 is 0 Å². The van der Waals surface area contributed by atoms with Crippen LogP contribution in [0.4, 0.5) is 10.5 Å². The fraction of sp³-hybridized carbons (Fsp3) is 0.444. The summed E-state index contributed by atoms with van der Waals surface area (Å²) in [5, 5.41) is 12.9. The van der Waals surface area contributed by atoms with Gasteiger partial charge in [0.25, 0.3) is 0 Å². The maximum absolute atomic E-state index is 12.1. The maximum atomic E-state index is 12.1. The average molecular weight is 310 g/mol. The summed E-state index contributed by atoms with van der Waals surface area (Å²) < 4.78 is 0. The molecular formula is C18H22N4O. The number of fused-ring (bicyclic) bond motifs is 2. The largest absolute Gasteiger partial charge is 0.338 e. The number of urea groups is 1. The number of carbonyl (C=O) groups is 1. The van der Waals surface area contributed by atoms with Gasteiger partial charge in [-0.15, -0.1) is 0 Å². The lowest BCUT2D eigenvalue weighted by molar-refractivity contribution is 0.251. The monoisotopic (exact) mass is 310 g/mol. The summed E-state index contributed by atoms with van der Waals surface area (Å²) >= 11 is 0. The zero-order chi connectivity index (χ0) is 16.0. The average Bonchev–Trinajstić information content (AvgIpc) is 3.02. The minimum absolute atomic E-state index is 0.147. The molecule has 0 saturated heterocycles. The first-order chi connectivity index (χ1) is 11.1. The van der Waals surface area contributed by atoms with Crippen molar-refractivity contribution < 1.29 is 4.79 Å². The van der Waals surface area contributed by atoms with Crippen LogP contribution < -0.4 is 10.6 Å². The van der Waals surface area contributed by atoms with Gasteiger partial charge >= 0.3 is 6.03 Å². The Hall–Kier alpha value is -2.30. The van der Waals surface area contributed by atoms with Gasteiger partial charge in [0.15, 0.2) is 0 Å². The smallest absolute Gasteiger partial charge is 0.319 e. The maximum Gasteiger partial charge on any atom is 0.319 e. The number of aromatic nitrogens is 2. The lowest BCUT2D eigenvalue weighted by Crippen LogP contribution is -2.32. The highest BCUT2D eigenvalue weighted by Gasteiger charge is 2.57. The lowest BCUT2D eigenvalue weighted by Gasteiger charge is -2.12. The van der Waals surface area contributed by atoms with Crippen LogP contribution in [-0.2, 0) is 11.8 Å². The molecule has 1 aromatic carbocycles. The van der Waals surface area contributed by atoms with Crippen LogP contribution >= 0.6 is 0 Å². The van der Waals surface area contributed by atoms with E-state index in [4.69, 9.17) is 0 Å². The Morgan fingerprint density at radius 1 is 1.39 bits per heavy atom. The minimum atomic E-state index is -0.147. The van der Waals surface area contributed by atoms with Gasteiger partial charge in [-0.3, -0.25) is 5.10 Å². The SMILES string of the molecule is Cc1n[nH]c(C)c1NC(=O)NC[C@@H]1C[C@@]12CCc1ccccc12. The number of nitrogens with zero attached hydrogens (tertiary/aromatic N) is 1. The number of benzene rings is 1. The van der Waals surface area contributed by atoms with E-state index in [2.05, 4.69) is 45.1 Å². The van der Waals surface area contributed by atoms with Crippen molar-refractivity contribution in [2.24, 2.45) is 5.92 Å². The van der Waals surface area contributed by atoms with E-state index in [1.165, 1.54) is 30.4 Å². The molecule has 1 saturated carbocycles. The first kappa shape index (κ1) is 14.3. The molecule has 4 rings (SSSR count). The number of rotatable bonds is 3. The molecule has 0 aliphatic heterocycles. The molecule has 120 valence electrons. The molecule has 1 fully saturated rings. The van der Waals surface area contributed by atoms with E-state index in [0.717, 1.165) is 23.6 Å². The van der Waals surface area contributed by atoms with Gasteiger partial charge in [0.1, 0.15) is 0 Å². The summed E-state index contributed by atoms with van der Waals surface area (Å²) in [7, 11) is 0. The highest BCUT2D eigenvalue weighted by atomic mass is 16.2. The third kappa shape index (κ3) is 2.31. The number of aryl methyl sites for hydroxylation is 3. The predicted octanol–water partition coefficient (Wildman–Crippen LogP) is 3.05. The highest BCUT2D eigenvalue weighted by molar-refractivity contribution is 5.90. The summed E-state index contributed by atoms with van der Waals surface area (Å²) in [5.41, 5.74) is 5.79. The Balaban J connectivity index is 1.36. The van der Waals surface area contributed by atoms with E-state index in [1.54, 1.807) is 0 Å². The predicted molar refractivity (Wildman–Crippen MR) is 89.6 cm³/mol. The number of hydrogen-bond acceptors (Lipinski definition) is 2. The normalized spacial score (nSPS) is 24.5. The van der Waals surface area contributed by atoms with E-state index in [9.17, 15) is 4.79 Å². The Kier molecular flexibility index (Phi) is 3.18. The first-order valence-electron chi connectivity index (χ1n) is 8.25. The summed E-state index contributed by atoms with van der Waals surface area (Å²) in [6.07, 6.45) is 3.58. The van der Waals surface area contributed by atoms with Crippen LogP contribution in [0.15, 0.2) is 24.3 Å². The van der Waals surface area contributed by atoms with Crippen LogP contribution in [0.1, 0.15) is 35.4 Å². The third-order valence-corrected chi connectivity index (χ3v) is 5.50. The van der Waals surface area contributed by atoms with E-state index in [-0.39, 0.29) is 6.03 Å². The van der Waals surface area contributed by atoms with Crippen LogP contribution in [0.2, 0.25) is 0 Å². The Labute approximate surface area is 135 Å². The number of hydrogen-bond donors (Lipinski definition) is 3. The van der Waals surface area contributed by atoms with Crippen LogP contribution in [0.25, 0.3) is 0 Å². The molecule has 0 bridgehead atoms. The molecular weight excluding hydrogens is 288 g/mol. The molecule has 2 atom stereocenters. The van der Waals surface area contributed by atoms with Gasteiger partial charge in [-0.1, -0.05) is 24.3 Å². The quantitative estimate of drug-likeness (QED) is 0.815. The lowest BCUT2D eigenvalue weighted by atomic mass is 9.95. The molecule has 1 heterocycles. The van der Waals surface area contributed by atoms with Crippen molar-refractivity contribution in [3.8, 4) is 0 Å². The molecule has 2 aliphatic carbocycles. The van der Waals surface area contributed by atoms with E-state index in [1.807, 2.05) is 13.8 Å². The number of amides is 2.